The molecule has 0 spiro atoms. The number of anilines is 1. The summed E-state index contributed by atoms with van der Waals surface area (Å²) in [4.78, 5) is 39.9. The van der Waals surface area contributed by atoms with Crippen molar-refractivity contribution in [3.05, 3.63) is 53.5 Å². The van der Waals surface area contributed by atoms with Crippen LogP contribution in [0.2, 0.25) is 0 Å². The van der Waals surface area contributed by atoms with Gasteiger partial charge in [-0.25, -0.2) is 4.39 Å². The molecule has 1 aromatic heterocycles. The highest BCUT2D eigenvalue weighted by Gasteiger charge is 2.35. The van der Waals surface area contributed by atoms with Gasteiger partial charge in [-0.05, 0) is 87.5 Å². The molecule has 4 N–H and O–H groups in total. The smallest absolute Gasteiger partial charge is 0.250 e. The molecule has 0 bridgehead atoms. The Bertz CT molecular complexity index is 1500. The van der Waals surface area contributed by atoms with E-state index in [-0.39, 0.29) is 29.3 Å². The van der Waals surface area contributed by atoms with Crippen molar-refractivity contribution in [2.75, 3.05) is 26.0 Å². The lowest BCUT2D eigenvalue weighted by atomic mass is 9.80. The first-order chi connectivity index (χ1) is 19.4. The van der Waals surface area contributed by atoms with E-state index in [2.05, 4.69) is 24.5 Å². The van der Waals surface area contributed by atoms with E-state index in [1.54, 1.807) is 16.7 Å². The van der Waals surface area contributed by atoms with Crippen LogP contribution < -0.4 is 16.4 Å². The molecule has 2 aromatic carbocycles. The summed E-state index contributed by atoms with van der Waals surface area (Å²) >= 11 is 0. The molecule has 2 heterocycles. The maximum atomic E-state index is 14.3. The molecule has 1 aliphatic heterocycles. The predicted molar refractivity (Wildman–Crippen MR) is 160 cm³/mol. The Balaban J connectivity index is 1.43. The van der Waals surface area contributed by atoms with Crippen molar-refractivity contribution < 1.29 is 18.8 Å². The van der Waals surface area contributed by atoms with Crippen molar-refractivity contribution in [1.82, 2.24) is 14.8 Å². The summed E-state index contributed by atoms with van der Waals surface area (Å²) in [6, 6.07) is 10.4. The van der Waals surface area contributed by atoms with E-state index in [9.17, 15) is 18.8 Å². The quantitative estimate of drug-likeness (QED) is 0.361. The minimum absolute atomic E-state index is 0.0456. The minimum atomic E-state index is -0.525. The number of aromatic nitrogens is 1. The summed E-state index contributed by atoms with van der Waals surface area (Å²) in [5.41, 5.74) is 9.72. The number of primary amides is 1. The second-order valence-electron chi connectivity index (χ2n) is 12.7. The van der Waals surface area contributed by atoms with E-state index in [0.29, 0.717) is 36.0 Å². The Kier molecular flexibility index (Phi) is 7.92. The second kappa shape index (κ2) is 11.3. The third-order valence-corrected chi connectivity index (χ3v) is 8.37. The first-order valence-electron chi connectivity index (χ1n) is 14.4. The van der Waals surface area contributed by atoms with Crippen LogP contribution >= 0.6 is 0 Å². The number of carbonyl (C=O) groups is 3. The summed E-state index contributed by atoms with van der Waals surface area (Å²) in [5, 5.41) is 7.51. The van der Waals surface area contributed by atoms with Crippen LogP contribution in [0.25, 0.3) is 22.0 Å². The number of hydrogen-bond donors (Lipinski definition) is 3. The first kappa shape index (κ1) is 28.8. The van der Waals surface area contributed by atoms with Gasteiger partial charge in [-0.3, -0.25) is 19.0 Å². The zero-order valence-electron chi connectivity index (χ0n) is 24.4. The lowest BCUT2D eigenvalue weighted by molar-refractivity contribution is -0.122. The van der Waals surface area contributed by atoms with Gasteiger partial charge in [0, 0.05) is 53.8 Å². The third kappa shape index (κ3) is 6.15. The highest BCUT2D eigenvalue weighted by atomic mass is 19.1. The number of benzene rings is 2. The molecule has 8 nitrogen and oxygen atoms in total. The Labute approximate surface area is 240 Å². The number of nitrogens with two attached hydrogens (primary N) is 1. The number of nitrogens with one attached hydrogen (secondary N) is 2. The molecule has 1 aliphatic carbocycles. The Morgan fingerprint density at radius 1 is 1.05 bits per heavy atom. The number of fused-ring (bicyclic) bond motifs is 3. The van der Waals surface area contributed by atoms with Crippen LogP contribution in [0.15, 0.2) is 36.4 Å². The Hall–Kier alpha value is -3.72. The molecule has 3 aromatic rings. The molecule has 0 saturated heterocycles. The topological polar surface area (TPSA) is 109 Å². The van der Waals surface area contributed by atoms with Gasteiger partial charge < -0.3 is 21.3 Å². The molecule has 1 saturated carbocycles. The van der Waals surface area contributed by atoms with Crippen molar-refractivity contribution in [3.63, 3.8) is 0 Å². The van der Waals surface area contributed by atoms with Crippen LogP contribution in [0.5, 0.6) is 0 Å². The summed E-state index contributed by atoms with van der Waals surface area (Å²) in [6.45, 7) is 4.86. The Morgan fingerprint density at radius 3 is 2.44 bits per heavy atom. The van der Waals surface area contributed by atoms with Crippen molar-refractivity contribution in [1.29, 1.82) is 0 Å². The Morgan fingerprint density at radius 2 is 1.76 bits per heavy atom. The van der Waals surface area contributed by atoms with Gasteiger partial charge in [-0.2, -0.15) is 0 Å². The van der Waals surface area contributed by atoms with Gasteiger partial charge in [0.05, 0.1) is 11.1 Å². The third-order valence-electron chi connectivity index (χ3n) is 8.37. The minimum Gasteiger partial charge on any atom is -0.382 e. The maximum absolute atomic E-state index is 14.3. The van der Waals surface area contributed by atoms with Gasteiger partial charge >= 0.3 is 0 Å². The number of carbonyl (C=O) groups excluding carboxylic acids is 3. The van der Waals surface area contributed by atoms with Crippen molar-refractivity contribution >= 4 is 34.3 Å². The van der Waals surface area contributed by atoms with E-state index in [0.717, 1.165) is 54.4 Å². The zero-order valence-corrected chi connectivity index (χ0v) is 24.4. The van der Waals surface area contributed by atoms with Crippen LogP contribution in [-0.4, -0.2) is 59.9 Å². The highest BCUT2D eigenvalue weighted by Crippen LogP contribution is 2.43. The van der Waals surface area contributed by atoms with Crippen molar-refractivity contribution in [2.24, 2.45) is 11.1 Å². The van der Waals surface area contributed by atoms with E-state index in [1.165, 1.54) is 12.1 Å². The molecule has 0 radical (unpaired) electrons. The molecular formula is C32H40FN5O3. The molecule has 1 fully saturated rings. The van der Waals surface area contributed by atoms with E-state index in [4.69, 9.17) is 5.73 Å². The number of amides is 2. The average Bonchev–Trinajstić information content (AvgIpc) is 3.20. The monoisotopic (exact) mass is 561 g/mol. The number of hydrogen-bond acceptors (Lipinski definition) is 5. The molecule has 41 heavy (non-hydrogen) atoms. The molecule has 2 aliphatic rings. The summed E-state index contributed by atoms with van der Waals surface area (Å²) in [5.74, 6) is -0.889. The van der Waals surface area contributed by atoms with E-state index in [1.807, 2.05) is 31.1 Å². The standard InChI is InChI=1S/C32H40FN5O3/c1-32(2)17-27-30(24-12-6-20(33)16-26(24)38(27)29(40)18-32)19-5-11-23(31(34)41)25(15-19)35-21-7-9-22(10-8-21)36-28(39)13-14-37(3)4/h5-6,11-12,15-16,21-22,35H,7-10,13-14,17-18H2,1-4H3,(H2,34,41)(H,36,39)/t21-,22-. The van der Waals surface area contributed by atoms with Crippen LogP contribution in [0.4, 0.5) is 10.1 Å². The molecule has 9 heteroatoms. The van der Waals surface area contributed by atoms with Gasteiger partial charge in [0.25, 0.3) is 5.91 Å². The van der Waals surface area contributed by atoms with Gasteiger partial charge in [-0.15, -0.1) is 0 Å². The molecule has 2 amide bonds. The van der Waals surface area contributed by atoms with Gasteiger partial charge in [0.15, 0.2) is 0 Å². The molecule has 0 atom stereocenters. The predicted octanol–water partition coefficient (Wildman–Crippen LogP) is 4.95. The summed E-state index contributed by atoms with van der Waals surface area (Å²) in [7, 11) is 3.90. The number of halogens is 1. The molecule has 0 unspecified atom stereocenters. The fraction of sp³-hybridized carbons (Fsp3) is 0.469. The lowest BCUT2D eigenvalue weighted by Gasteiger charge is -2.31. The number of nitrogens with zero attached hydrogens (tertiary/aromatic N) is 2. The normalized spacial score (nSPS) is 20.2. The SMILES string of the molecule is CN(C)CCC(=O)N[C@H]1CC[C@H](Nc2cc(-c3c4n(c5cc(F)ccc35)C(=O)CC(C)(C)C4)ccc2C(N)=O)CC1. The first-order valence-corrected chi connectivity index (χ1v) is 14.4. The largest absolute Gasteiger partial charge is 0.382 e. The van der Waals surface area contributed by atoms with Crippen molar-refractivity contribution in [3.8, 4) is 11.1 Å². The van der Waals surface area contributed by atoms with Crippen LogP contribution in [0.1, 0.15) is 73.2 Å². The van der Waals surface area contributed by atoms with Gasteiger partial charge in [-0.1, -0.05) is 19.9 Å². The molecule has 218 valence electrons. The van der Waals surface area contributed by atoms with Crippen LogP contribution in [0.3, 0.4) is 0 Å². The highest BCUT2D eigenvalue weighted by molar-refractivity contribution is 6.06. The van der Waals surface area contributed by atoms with Crippen LogP contribution in [0, 0.1) is 11.2 Å². The maximum Gasteiger partial charge on any atom is 0.250 e. The zero-order chi connectivity index (χ0) is 29.5. The van der Waals surface area contributed by atoms with Gasteiger partial charge in [0.1, 0.15) is 5.82 Å². The van der Waals surface area contributed by atoms with E-state index < -0.39 is 11.7 Å². The summed E-state index contributed by atoms with van der Waals surface area (Å²) < 4.78 is 16.0. The summed E-state index contributed by atoms with van der Waals surface area (Å²) in [6.07, 6.45) is 4.89. The lowest BCUT2D eigenvalue weighted by Crippen LogP contribution is -2.41. The molecular weight excluding hydrogens is 521 g/mol. The fourth-order valence-corrected chi connectivity index (χ4v) is 6.35. The number of rotatable bonds is 8. The van der Waals surface area contributed by atoms with Crippen molar-refractivity contribution in [2.45, 2.75) is 70.9 Å². The fourth-order valence-electron chi connectivity index (χ4n) is 6.35. The van der Waals surface area contributed by atoms with E-state index >= 15 is 0 Å². The van der Waals surface area contributed by atoms with Crippen LogP contribution in [-0.2, 0) is 11.2 Å². The average molecular weight is 562 g/mol. The molecule has 5 rings (SSSR count). The van der Waals surface area contributed by atoms with Gasteiger partial charge in [0.2, 0.25) is 11.8 Å². The second-order valence-corrected chi connectivity index (χ2v) is 12.7.